The van der Waals surface area contributed by atoms with Crippen LogP contribution in [0.5, 0.6) is 0 Å². The van der Waals surface area contributed by atoms with E-state index in [9.17, 15) is 0 Å². The van der Waals surface area contributed by atoms with Crippen LogP contribution in [-0.2, 0) is 19.5 Å². The molecule has 1 aliphatic rings. The minimum Gasteiger partial charge on any atom is -0.289 e. The molecule has 3 rings (SSSR count). The van der Waals surface area contributed by atoms with Crippen molar-refractivity contribution in [3.8, 4) is 0 Å². The summed E-state index contributed by atoms with van der Waals surface area (Å²) in [5.74, 6) is 0. The van der Waals surface area contributed by atoms with E-state index in [2.05, 4.69) is 60.4 Å². The first-order valence-corrected chi connectivity index (χ1v) is 10.4. The summed E-state index contributed by atoms with van der Waals surface area (Å²) >= 11 is 0. The zero-order valence-electron chi connectivity index (χ0n) is 17.1. The summed E-state index contributed by atoms with van der Waals surface area (Å²) in [4.78, 5) is 7.33. The smallest absolute Gasteiger partial charge is 0.0967 e. The predicted molar refractivity (Wildman–Crippen MR) is 109 cm³/mol. The first-order chi connectivity index (χ1) is 13.2. The summed E-state index contributed by atoms with van der Waals surface area (Å²) in [6.07, 6.45) is 13.5. The van der Waals surface area contributed by atoms with Crippen molar-refractivity contribution in [1.82, 2.24) is 24.9 Å². The van der Waals surface area contributed by atoms with Gasteiger partial charge in [0.25, 0.3) is 0 Å². The Labute approximate surface area is 163 Å². The molecule has 0 aliphatic heterocycles. The molecule has 5 nitrogen and oxygen atoms in total. The summed E-state index contributed by atoms with van der Waals surface area (Å²) in [6, 6.07) is 4.71. The second-order valence-electron chi connectivity index (χ2n) is 7.85. The van der Waals surface area contributed by atoms with Crippen LogP contribution in [-0.4, -0.2) is 31.4 Å². The molecule has 5 heteroatoms. The number of nitrogens with zero attached hydrogens (tertiary/aromatic N) is 5. The Bertz CT molecular complexity index is 745. The van der Waals surface area contributed by atoms with Gasteiger partial charge in [0.1, 0.15) is 0 Å². The summed E-state index contributed by atoms with van der Waals surface area (Å²) in [5.41, 5.74) is 5.05. The predicted octanol–water partition coefficient (Wildman–Crippen LogP) is 4.71. The molecule has 0 saturated heterocycles. The maximum absolute atomic E-state index is 4.75. The van der Waals surface area contributed by atoms with Gasteiger partial charge in [-0.3, -0.25) is 9.88 Å². The molecule has 2 heterocycles. The molecule has 1 aliphatic carbocycles. The normalized spacial score (nSPS) is 16.4. The van der Waals surface area contributed by atoms with Gasteiger partial charge in [0.05, 0.1) is 30.2 Å². The van der Waals surface area contributed by atoms with Crippen LogP contribution < -0.4 is 0 Å². The molecule has 27 heavy (non-hydrogen) atoms. The number of unbranched alkanes of at least 4 members (excludes halogenated alkanes) is 2. The highest BCUT2D eigenvalue weighted by Crippen LogP contribution is 2.33. The van der Waals surface area contributed by atoms with Crippen molar-refractivity contribution in [1.29, 1.82) is 0 Å². The number of aromatic nitrogens is 4. The SMILES string of the molecule is CCCCCN(Cc1cn(CC=C(C)C)nn1)C1CCCc2cccnc21. The molecule has 0 aromatic carbocycles. The van der Waals surface area contributed by atoms with Gasteiger partial charge in [-0.1, -0.05) is 42.7 Å². The number of hydrogen-bond acceptors (Lipinski definition) is 4. The fraction of sp³-hybridized carbons (Fsp3) is 0.591. The molecule has 2 aromatic heterocycles. The molecule has 0 bridgehead atoms. The summed E-state index contributed by atoms with van der Waals surface area (Å²) in [5, 5.41) is 8.74. The Morgan fingerprint density at radius 3 is 3.04 bits per heavy atom. The van der Waals surface area contributed by atoms with Gasteiger partial charge in [0.15, 0.2) is 0 Å². The number of allylic oxidation sites excluding steroid dienone is 2. The molecule has 0 spiro atoms. The number of hydrogen-bond donors (Lipinski definition) is 0. The molecule has 2 aromatic rings. The topological polar surface area (TPSA) is 46.8 Å². The van der Waals surface area contributed by atoms with Crippen LogP contribution in [0.3, 0.4) is 0 Å². The quantitative estimate of drug-likeness (QED) is 0.476. The van der Waals surface area contributed by atoms with E-state index in [1.54, 1.807) is 0 Å². The largest absolute Gasteiger partial charge is 0.289 e. The minimum absolute atomic E-state index is 0.398. The lowest BCUT2D eigenvalue weighted by Crippen LogP contribution is -2.32. The van der Waals surface area contributed by atoms with Crippen molar-refractivity contribution in [2.24, 2.45) is 0 Å². The lowest BCUT2D eigenvalue weighted by Gasteiger charge is -2.34. The number of fused-ring (bicyclic) bond motifs is 1. The Balaban J connectivity index is 1.75. The van der Waals surface area contributed by atoms with E-state index in [1.165, 1.54) is 48.9 Å². The molecular weight excluding hydrogens is 334 g/mol. The number of rotatable bonds is 9. The van der Waals surface area contributed by atoms with Crippen LogP contribution in [0.4, 0.5) is 0 Å². The molecule has 0 N–H and O–H groups in total. The van der Waals surface area contributed by atoms with Crippen molar-refractivity contribution in [2.75, 3.05) is 6.54 Å². The van der Waals surface area contributed by atoms with Crippen molar-refractivity contribution >= 4 is 0 Å². The van der Waals surface area contributed by atoms with Crippen LogP contribution in [0.1, 0.15) is 75.9 Å². The van der Waals surface area contributed by atoms with Gasteiger partial charge in [0.2, 0.25) is 0 Å². The molecule has 0 amide bonds. The van der Waals surface area contributed by atoms with Crippen molar-refractivity contribution < 1.29 is 0 Å². The fourth-order valence-corrected chi connectivity index (χ4v) is 3.83. The Kier molecular flexibility index (Phi) is 7.16. The van der Waals surface area contributed by atoms with Crippen LogP contribution in [0.2, 0.25) is 0 Å². The Morgan fingerprint density at radius 1 is 1.33 bits per heavy atom. The Morgan fingerprint density at radius 2 is 2.22 bits per heavy atom. The molecule has 0 radical (unpaired) electrons. The molecule has 0 fully saturated rings. The third kappa shape index (κ3) is 5.48. The summed E-state index contributed by atoms with van der Waals surface area (Å²) < 4.78 is 1.93. The van der Waals surface area contributed by atoms with Gasteiger partial charge in [-0.2, -0.15) is 0 Å². The first kappa shape index (κ1) is 19.7. The second-order valence-corrected chi connectivity index (χ2v) is 7.85. The third-order valence-electron chi connectivity index (χ3n) is 5.29. The van der Waals surface area contributed by atoms with Crippen LogP contribution in [0.15, 0.2) is 36.2 Å². The van der Waals surface area contributed by atoms with Crippen molar-refractivity contribution in [2.45, 2.75) is 78.4 Å². The average molecular weight is 368 g/mol. The van der Waals surface area contributed by atoms with E-state index >= 15 is 0 Å². The lowest BCUT2D eigenvalue weighted by atomic mass is 9.90. The third-order valence-corrected chi connectivity index (χ3v) is 5.29. The van der Waals surface area contributed by atoms with E-state index in [4.69, 9.17) is 4.98 Å². The van der Waals surface area contributed by atoms with E-state index in [0.29, 0.717) is 6.04 Å². The van der Waals surface area contributed by atoms with Gasteiger partial charge >= 0.3 is 0 Å². The average Bonchev–Trinajstić information content (AvgIpc) is 3.13. The van der Waals surface area contributed by atoms with Gasteiger partial charge in [-0.15, -0.1) is 5.10 Å². The van der Waals surface area contributed by atoms with E-state index < -0.39 is 0 Å². The van der Waals surface area contributed by atoms with Gasteiger partial charge < -0.3 is 0 Å². The van der Waals surface area contributed by atoms with Gasteiger partial charge in [-0.25, -0.2) is 4.68 Å². The van der Waals surface area contributed by atoms with Gasteiger partial charge in [0, 0.05) is 12.7 Å². The summed E-state index contributed by atoms with van der Waals surface area (Å²) in [6.45, 7) is 9.21. The van der Waals surface area contributed by atoms with E-state index in [1.807, 2.05) is 10.9 Å². The molecule has 1 atom stereocenters. The lowest BCUT2D eigenvalue weighted by molar-refractivity contribution is 0.160. The monoisotopic (exact) mass is 367 g/mol. The maximum atomic E-state index is 4.75. The summed E-state index contributed by atoms with van der Waals surface area (Å²) in [7, 11) is 0. The highest BCUT2D eigenvalue weighted by atomic mass is 15.4. The van der Waals surface area contributed by atoms with E-state index in [-0.39, 0.29) is 0 Å². The minimum atomic E-state index is 0.398. The highest BCUT2D eigenvalue weighted by Gasteiger charge is 2.27. The molecule has 0 saturated carbocycles. The number of aryl methyl sites for hydroxylation is 1. The van der Waals surface area contributed by atoms with Crippen molar-refractivity contribution in [3.63, 3.8) is 0 Å². The zero-order chi connectivity index (χ0) is 19.1. The van der Waals surface area contributed by atoms with Gasteiger partial charge in [-0.05, 0) is 57.7 Å². The number of pyridine rings is 1. The Hall–Kier alpha value is -2.01. The van der Waals surface area contributed by atoms with Crippen LogP contribution >= 0.6 is 0 Å². The van der Waals surface area contributed by atoms with E-state index in [0.717, 1.165) is 31.7 Å². The molecule has 1 unspecified atom stereocenters. The van der Waals surface area contributed by atoms with Crippen LogP contribution in [0, 0.1) is 0 Å². The van der Waals surface area contributed by atoms with Crippen molar-refractivity contribution in [3.05, 3.63) is 53.1 Å². The molecule has 146 valence electrons. The standard InChI is InChI=1S/C22H33N5/c1-4-5-6-14-26(16-20-17-27(25-24-20)15-12-18(2)3)21-11-7-9-19-10-8-13-23-22(19)21/h8,10,12-13,17,21H,4-7,9,11,14-16H2,1-3H3. The fourth-order valence-electron chi connectivity index (χ4n) is 3.83. The maximum Gasteiger partial charge on any atom is 0.0967 e. The molecular formula is C22H33N5. The zero-order valence-corrected chi connectivity index (χ0v) is 17.1. The highest BCUT2D eigenvalue weighted by molar-refractivity contribution is 5.25. The first-order valence-electron chi connectivity index (χ1n) is 10.4. The second kappa shape index (κ2) is 9.79. The van der Waals surface area contributed by atoms with Crippen LogP contribution in [0.25, 0.3) is 0 Å².